The molecule has 1 aromatic rings. The molecule has 0 aromatic carbocycles. The summed E-state index contributed by atoms with van der Waals surface area (Å²) in [4.78, 5) is 8.40. The Bertz CT molecular complexity index is 313. The Morgan fingerprint density at radius 2 is 2.19 bits per heavy atom. The molecule has 88 valence electrons. The molecule has 1 saturated heterocycles. The highest BCUT2D eigenvalue weighted by Crippen LogP contribution is 2.24. The maximum Gasteiger partial charge on any atom is 0.158 e. The Morgan fingerprint density at radius 1 is 1.38 bits per heavy atom. The third kappa shape index (κ3) is 3.33. The van der Waals surface area contributed by atoms with Crippen LogP contribution in [0.5, 0.6) is 0 Å². The predicted octanol–water partition coefficient (Wildman–Crippen LogP) is 1.17. The van der Waals surface area contributed by atoms with E-state index < -0.39 is 0 Å². The lowest BCUT2D eigenvalue weighted by molar-refractivity contribution is 0.1000. The van der Waals surface area contributed by atoms with Crippen molar-refractivity contribution in [2.24, 2.45) is 5.84 Å². The number of rotatable bonds is 4. The van der Waals surface area contributed by atoms with Gasteiger partial charge in [0.2, 0.25) is 0 Å². The molecule has 0 bridgehead atoms. The molecule has 0 radical (unpaired) electrons. The van der Waals surface area contributed by atoms with Crippen LogP contribution in [0.1, 0.15) is 18.5 Å². The van der Waals surface area contributed by atoms with Crippen molar-refractivity contribution < 1.29 is 4.74 Å². The molecule has 0 atom stereocenters. The molecule has 5 nitrogen and oxygen atoms in total. The molecule has 1 aromatic heterocycles. The summed E-state index contributed by atoms with van der Waals surface area (Å²) in [6.07, 6.45) is 5.70. The molecule has 0 saturated carbocycles. The Balaban J connectivity index is 1.79. The van der Waals surface area contributed by atoms with Crippen LogP contribution in [0.3, 0.4) is 0 Å². The third-order valence-electron chi connectivity index (χ3n) is 2.49. The van der Waals surface area contributed by atoms with E-state index in [2.05, 4.69) is 15.4 Å². The van der Waals surface area contributed by atoms with E-state index in [1.165, 1.54) is 0 Å². The van der Waals surface area contributed by atoms with E-state index in [-0.39, 0.29) is 0 Å². The van der Waals surface area contributed by atoms with Gasteiger partial charge < -0.3 is 10.2 Å². The number of ether oxygens (including phenoxy) is 1. The zero-order valence-electron chi connectivity index (χ0n) is 9.06. The fourth-order valence-corrected chi connectivity index (χ4v) is 2.63. The molecule has 1 aliphatic heterocycles. The van der Waals surface area contributed by atoms with Crippen LogP contribution < -0.4 is 11.3 Å². The van der Waals surface area contributed by atoms with Gasteiger partial charge in [-0.15, -0.1) is 0 Å². The van der Waals surface area contributed by atoms with Crippen molar-refractivity contribution in [1.29, 1.82) is 0 Å². The third-order valence-corrected chi connectivity index (χ3v) is 3.89. The molecule has 1 fully saturated rings. The number of thioether (sulfide) groups is 1. The van der Waals surface area contributed by atoms with E-state index in [9.17, 15) is 0 Å². The SMILES string of the molecule is NNc1cnc(CSC2CCOCC2)cn1. The molecule has 16 heavy (non-hydrogen) atoms. The second kappa shape index (κ2) is 6.03. The van der Waals surface area contributed by atoms with Gasteiger partial charge in [-0.1, -0.05) is 0 Å². The van der Waals surface area contributed by atoms with Crippen molar-refractivity contribution in [3.63, 3.8) is 0 Å². The number of nitrogen functional groups attached to an aromatic ring is 1. The van der Waals surface area contributed by atoms with Gasteiger partial charge in [-0.2, -0.15) is 11.8 Å². The zero-order valence-corrected chi connectivity index (χ0v) is 9.87. The highest BCUT2D eigenvalue weighted by atomic mass is 32.2. The Hall–Kier alpha value is -0.850. The van der Waals surface area contributed by atoms with Crippen molar-refractivity contribution in [3.05, 3.63) is 18.1 Å². The van der Waals surface area contributed by atoms with Crippen LogP contribution in [0.2, 0.25) is 0 Å². The number of hydrazine groups is 1. The van der Waals surface area contributed by atoms with Gasteiger partial charge in [-0.25, -0.2) is 10.8 Å². The minimum Gasteiger partial charge on any atom is -0.381 e. The minimum atomic E-state index is 0.597. The van der Waals surface area contributed by atoms with Gasteiger partial charge in [0, 0.05) is 24.2 Å². The summed E-state index contributed by atoms with van der Waals surface area (Å²) in [5.41, 5.74) is 3.46. The quantitative estimate of drug-likeness (QED) is 0.608. The lowest BCUT2D eigenvalue weighted by Gasteiger charge is -2.21. The lowest BCUT2D eigenvalue weighted by atomic mass is 10.2. The number of hydrogen-bond acceptors (Lipinski definition) is 6. The van der Waals surface area contributed by atoms with Crippen LogP contribution in [0.15, 0.2) is 12.4 Å². The number of nitrogens with two attached hydrogens (primary N) is 1. The first-order valence-electron chi connectivity index (χ1n) is 5.35. The van der Waals surface area contributed by atoms with Gasteiger partial charge in [-0.05, 0) is 12.8 Å². The molecule has 2 rings (SSSR count). The van der Waals surface area contributed by atoms with Crippen molar-refractivity contribution in [2.75, 3.05) is 18.6 Å². The fraction of sp³-hybridized carbons (Fsp3) is 0.600. The van der Waals surface area contributed by atoms with Crippen LogP contribution in [-0.4, -0.2) is 28.4 Å². The van der Waals surface area contributed by atoms with Gasteiger partial charge in [0.1, 0.15) is 0 Å². The molecule has 0 amide bonds. The van der Waals surface area contributed by atoms with E-state index >= 15 is 0 Å². The molecule has 3 N–H and O–H groups in total. The number of aromatic nitrogens is 2. The Kier molecular flexibility index (Phi) is 4.38. The van der Waals surface area contributed by atoms with Gasteiger partial charge in [0.25, 0.3) is 0 Å². The fourth-order valence-electron chi connectivity index (χ4n) is 1.55. The van der Waals surface area contributed by atoms with Crippen LogP contribution in [-0.2, 0) is 10.5 Å². The van der Waals surface area contributed by atoms with Crippen molar-refractivity contribution in [1.82, 2.24) is 9.97 Å². The molecule has 0 aliphatic carbocycles. The average molecular weight is 240 g/mol. The van der Waals surface area contributed by atoms with Crippen molar-refractivity contribution in [3.8, 4) is 0 Å². The van der Waals surface area contributed by atoms with E-state index in [1.54, 1.807) is 12.4 Å². The highest BCUT2D eigenvalue weighted by Gasteiger charge is 2.14. The zero-order chi connectivity index (χ0) is 11.2. The Morgan fingerprint density at radius 3 is 2.81 bits per heavy atom. The van der Waals surface area contributed by atoms with Crippen molar-refractivity contribution in [2.45, 2.75) is 23.8 Å². The summed E-state index contributed by atoms with van der Waals surface area (Å²) in [6, 6.07) is 0. The summed E-state index contributed by atoms with van der Waals surface area (Å²) >= 11 is 1.93. The van der Waals surface area contributed by atoms with Crippen LogP contribution in [0, 0.1) is 0 Å². The van der Waals surface area contributed by atoms with E-state index in [0.29, 0.717) is 11.1 Å². The van der Waals surface area contributed by atoms with Crippen molar-refractivity contribution >= 4 is 17.6 Å². The average Bonchev–Trinajstić information content (AvgIpc) is 2.38. The number of nitrogens with one attached hydrogen (secondary N) is 1. The van der Waals surface area contributed by atoms with Crippen LogP contribution >= 0.6 is 11.8 Å². The highest BCUT2D eigenvalue weighted by molar-refractivity contribution is 7.99. The summed E-state index contributed by atoms with van der Waals surface area (Å²) in [6.45, 7) is 1.78. The molecule has 0 unspecified atom stereocenters. The normalized spacial score (nSPS) is 17.3. The van der Waals surface area contributed by atoms with E-state index in [1.807, 2.05) is 11.8 Å². The Labute approximate surface area is 99.2 Å². The van der Waals surface area contributed by atoms with E-state index in [0.717, 1.165) is 37.5 Å². The van der Waals surface area contributed by atoms with Crippen LogP contribution in [0.4, 0.5) is 5.82 Å². The standard InChI is InChI=1S/C10H16N4OS/c11-14-10-6-12-8(5-13-10)7-16-9-1-3-15-4-2-9/h5-6,9H,1-4,7,11H2,(H,13,14). The molecule has 1 aliphatic rings. The van der Waals surface area contributed by atoms with Gasteiger partial charge in [0.15, 0.2) is 5.82 Å². The molecule has 0 spiro atoms. The number of nitrogens with zero attached hydrogens (tertiary/aromatic N) is 2. The maximum atomic E-state index is 5.32. The first-order chi connectivity index (χ1) is 7.88. The second-order valence-electron chi connectivity index (χ2n) is 3.66. The number of anilines is 1. The number of hydrogen-bond donors (Lipinski definition) is 2. The smallest absolute Gasteiger partial charge is 0.158 e. The molecular formula is C10H16N4OS. The van der Waals surface area contributed by atoms with Gasteiger partial charge in [-0.3, -0.25) is 4.98 Å². The summed E-state index contributed by atoms with van der Waals surface area (Å²) in [5.74, 6) is 6.72. The molecule has 6 heteroatoms. The minimum absolute atomic E-state index is 0.597. The topological polar surface area (TPSA) is 73.1 Å². The monoisotopic (exact) mass is 240 g/mol. The first-order valence-corrected chi connectivity index (χ1v) is 6.40. The molecule has 2 heterocycles. The van der Waals surface area contributed by atoms with Gasteiger partial charge in [0.05, 0.1) is 18.1 Å². The second-order valence-corrected chi connectivity index (χ2v) is 4.95. The predicted molar refractivity (Wildman–Crippen MR) is 65.0 cm³/mol. The lowest BCUT2D eigenvalue weighted by Crippen LogP contribution is -2.17. The summed E-state index contributed by atoms with van der Waals surface area (Å²) in [5, 5.41) is 0.697. The first kappa shape index (κ1) is 11.6. The summed E-state index contributed by atoms with van der Waals surface area (Å²) in [7, 11) is 0. The largest absolute Gasteiger partial charge is 0.381 e. The van der Waals surface area contributed by atoms with Crippen LogP contribution in [0.25, 0.3) is 0 Å². The van der Waals surface area contributed by atoms with E-state index in [4.69, 9.17) is 10.6 Å². The van der Waals surface area contributed by atoms with Gasteiger partial charge >= 0.3 is 0 Å². The summed E-state index contributed by atoms with van der Waals surface area (Å²) < 4.78 is 5.32. The maximum absolute atomic E-state index is 5.32. The molecular weight excluding hydrogens is 224 g/mol.